The highest BCUT2D eigenvalue weighted by Crippen LogP contribution is 2.48. The SMILES string of the molecule is c1ccc(N(c2ccccc2)c2cccc3c(N(c4ccccc4)c4ccccc4)c4cc5ccccc5cc4cc23)cc1. The van der Waals surface area contributed by atoms with Crippen molar-refractivity contribution in [2.75, 3.05) is 9.80 Å². The number of anilines is 6. The summed E-state index contributed by atoms with van der Waals surface area (Å²) in [5, 5.41) is 7.26. The number of benzene rings is 8. The molecule has 0 aliphatic heterocycles. The van der Waals surface area contributed by atoms with E-state index in [1.807, 2.05) is 0 Å². The highest BCUT2D eigenvalue weighted by molar-refractivity contribution is 6.20. The zero-order valence-corrected chi connectivity index (χ0v) is 24.2. The number of hydrogen-bond donors (Lipinski definition) is 0. The molecule has 0 amide bonds. The Balaban J connectivity index is 1.52. The van der Waals surface area contributed by atoms with E-state index < -0.39 is 0 Å². The lowest BCUT2D eigenvalue weighted by Crippen LogP contribution is -2.13. The van der Waals surface area contributed by atoms with Crippen molar-refractivity contribution in [3.05, 3.63) is 182 Å². The highest BCUT2D eigenvalue weighted by Gasteiger charge is 2.22. The Bertz CT molecular complexity index is 2130. The second kappa shape index (κ2) is 11.1. The summed E-state index contributed by atoms with van der Waals surface area (Å²) in [6.45, 7) is 0. The monoisotopic (exact) mass is 562 g/mol. The lowest BCUT2D eigenvalue weighted by atomic mass is 9.95. The minimum absolute atomic E-state index is 1.12. The largest absolute Gasteiger partial charge is 0.310 e. The van der Waals surface area contributed by atoms with Gasteiger partial charge in [-0.25, -0.2) is 0 Å². The van der Waals surface area contributed by atoms with Crippen LogP contribution in [0.3, 0.4) is 0 Å². The van der Waals surface area contributed by atoms with Crippen molar-refractivity contribution in [1.29, 1.82) is 0 Å². The predicted molar refractivity (Wildman–Crippen MR) is 188 cm³/mol. The van der Waals surface area contributed by atoms with Crippen LogP contribution >= 0.6 is 0 Å². The Morgan fingerprint density at radius 3 is 1.23 bits per heavy atom. The molecule has 0 aliphatic carbocycles. The number of nitrogens with zero attached hydrogens (tertiary/aromatic N) is 2. The van der Waals surface area contributed by atoms with Gasteiger partial charge in [0, 0.05) is 38.9 Å². The lowest BCUT2D eigenvalue weighted by Gasteiger charge is -2.31. The Labute approximate surface area is 257 Å². The molecule has 8 rings (SSSR count). The van der Waals surface area contributed by atoms with Gasteiger partial charge in [0.15, 0.2) is 0 Å². The zero-order chi connectivity index (χ0) is 29.3. The first-order valence-electron chi connectivity index (χ1n) is 15.0. The van der Waals surface area contributed by atoms with E-state index >= 15 is 0 Å². The lowest BCUT2D eigenvalue weighted by molar-refractivity contribution is 1.29. The second-order valence-electron chi connectivity index (χ2n) is 11.0. The van der Waals surface area contributed by atoms with Crippen molar-refractivity contribution in [3.63, 3.8) is 0 Å². The minimum atomic E-state index is 1.12. The molecule has 0 radical (unpaired) electrons. The molecule has 0 unspecified atom stereocenters. The van der Waals surface area contributed by atoms with Gasteiger partial charge in [0.1, 0.15) is 0 Å². The molecule has 0 bridgehead atoms. The van der Waals surface area contributed by atoms with Crippen LogP contribution in [0.15, 0.2) is 182 Å². The molecule has 0 atom stereocenters. The third-order valence-corrected chi connectivity index (χ3v) is 8.33. The van der Waals surface area contributed by atoms with Crippen molar-refractivity contribution in [1.82, 2.24) is 0 Å². The molecule has 208 valence electrons. The van der Waals surface area contributed by atoms with Crippen molar-refractivity contribution in [2.45, 2.75) is 0 Å². The minimum Gasteiger partial charge on any atom is -0.310 e. The van der Waals surface area contributed by atoms with Gasteiger partial charge in [-0.1, -0.05) is 109 Å². The zero-order valence-electron chi connectivity index (χ0n) is 24.2. The summed E-state index contributed by atoms with van der Waals surface area (Å²) in [4.78, 5) is 4.78. The van der Waals surface area contributed by atoms with Gasteiger partial charge in [-0.05, 0) is 89.0 Å². The molecule has 0 saturated heterocycles. The standard InChI is InChI=1S/C42H30N2/c1-5-18-34(19-6-1)43(35-20-7-2-8-21-35)41-27-15-26-38-40(41)30-33-28-31-16-13-14-17-32(31)29-39(33)42(38)44(36-22-9-3-10-23-36)37-24-11-4-12-25-37/h1-30H. The first-order chi connectivity index (χ1) is 21.8. The van der Waals surface area contributed by atoms with Gasteiger partial charge in [0.2, 0.25) is 0 Å². The summed E-state index contributed by atoms with van der Waals surface area (Å²) in [5.74, 6) is 0. The van der Waals surface area contributed by atoms with E-state index in [4.69, 9.17) is 0 Å². The molecule has 0 saturated carbocycles. The Hall–Kier alpha value is -5.86. The van der Waals surface area contributed by atoms with Gasteiger partial charge in [0.25, 0.3) is 0 Å². The van der Waals surface area contributed by atoms with Crippen molar-refractivity contribution >= 4 is 66.4 Å². The van der Waals surface area contributed by atoms with Crippen LogP contribution < -0.4 is 9.80 Å². The van der Waals surface area contributed by atoms with Gasteiger partial charge in [-0.3, -0.25) is 0 Å². The second-order valence-corrected chi connectivity index (χ2v) is 11.0. The van der Waals surface area contributed by atoms with Gasteiger partial charge >= 0.3 is 0 Å². The van der Waals surface area contributed by atoms with E-state index in [-0.39, 0.29) is 0 Å². The summed E-state index contributed by atoms with van der Waals surface area (Å²) in [7, 11) is 0. The molecular formula is C42H30N2. The molecule has 0 spiro atoms. The summed E-state index contributed by atoms with van der Waals surface area (Å²) in [6.07, 6.45) is 0. The first-order valence-corrected chi connectivity index (χ1v) is 15.0. The predicted octanol–water partition coefficient (Wildman–Crippen LogP) is 12.1. The van der Waals surface area contributed by atoms with E-state index in [1.165, 1.54) is 38.0 Å². The molecule has 2 nitrogen and oxygen atoms in total. The molecular weight excluding hydrogens is 532 g/mol. The van der Waals surface area contributed by atoms with Gasteiger partial charge in [0.05, 0.1) is 11.4 Å². The molecule has 2 heteroatoms. The van der Waals surface area contributed by atoms with E-state index in [1.54, 1.807) is 0 Å². The van der Waals surface area contributed by atoms with Gasteiger partial charge in [-0.2, -0.15) is 0 Å². The molecule has 0 fully saturated rings. The van der Waals surface area contributed by atoms with Crippen molar-refractivity contribution in [2.24, 2.45) is 0 Å². The van der Waals surface area contributed by atoms with Crippen LogP contribution in [0.25, 0.3) is 32.3 Å². The fourth-order valence-corrected chi connectivity index (χ4v) is 6.37. The maximum Gasteiger partial charge on any atom is 0.0619 e. The van der Waals surface area contributed by atoms with Crippen molar-refractivity contribution in [3.8, 4) is 0 Å². The molecule has 0 heterocycles. The van der Waals surface area contributed by atoms with Gasteiger partial charge < -0.3 is 9.80 Å². The van der Waals surface area contributed by atoms with Crippen LogP contribution in [0.4, 0.5) is 34.1 Å². The van der Waals surface area contributed by atoms with Crippen LogP contribution in [-0.2, 0) is 0 Å². The summed E-state index contributed by atoms with van der Waals surface area (Å²) in [6, 6.07) is 65.2. The van der Waals surface area contributed by atoms with E-state index in [0.717, 1.165) is 28.4 Å². The van der Waals surface area contributed by atoms with E-state index in [2.05, 4.69) is 192 Å². The number of hydrogen-bond acceptors (Lipinski definition) is 2. The number of para-hydroxylation sites is 4. The van der Waals surface area contributed by atoms with E-state index in [9.17, 15) is 0 Å². The number of fused-ring (bicyclic) bond motifs is 3. The van der Waals surface area contributed by atoms with Crippen LogP contribution in [0.5, 0.6) is 0 Å². The maximum absolute atomic E-state index is 2.42. The number of rotatable bonds is 6. The summed E-state index contributed by atoms with van der Waals surface area (Å²) >= 11 is 0. The fourth-order valence-electron chi connectivity index (χ4n) is 6.37. The van der Waals surface area contributed by atoms with Crippen LogP contribution in [-0.4, -0.2) is 0 Å². The average molecular weight is 563 g/mol. The Morgan fingerprint density at radius 1 is 0.273 bits per heavy atom. The summed E-state index contributed by atoms with van der Waals surface area (Å²) < 4.78 is 0. The average Bonchev–Trinajstić information content (AvgIpc) is 3.09. The summed E-state index contributed by atoms with van der Waals surface area (Å²) in [5.41, 5.74) is 6.78. The third kappa shape index (κ3) is 4.54. The van der Waals surface area contributed by atoms with Crippen LogP contribution in [0, 0.1) is 0 Å². The Kier molecular flexibility index (Phi) is 6.51. The topological polar surface area (TPSA) is 6.48 Å². The molecule has 44 heavy (non-hydrogen) atoms. The molecule has 0 N–H and O–H groups in total. The van der Waals surface area contributed by atoms with Crippen LogP contribution in [0.1, 0.15) is 0 Å². The molecule has 8 aromatic rings. The third-order valence-electron chi connectivity index (χ3n) is 8.33. The van der Waals surface area contributed by atoms with Crippen molar-refractivity contribution < 1.29 is 0 Å². The van der Waals surface area contributed by atoms with E-state index in [0.29, 0.717) is 0 Å². The quantitative estimate of drug-likeness (QED) is 0.186. The smallest absolute Gasteiger partial charge is 0.0619 e. The molecule has 8 aromatic carbocycles. The maximum atomic E-state index is 2.42. The molecule has 0 aliphatic rings. The Morgan fingerprint density at radius 2 is 0.705 bits per heavy atom. The highest BCUT2D eigenvalue weighted by atomic mass is 15.2. The fraction of sp³-hybridized carbons (Fsp3) is 0. The first kappa shape index (κ1) is 25.8. The normalized spacial score (nSPS) is 11.2. The van der Waals surface area contributed by atoms with Crippen LogP contribution in [0.2, 0.25) is 0 Å². The molecule has 0 aromatic heterocycles. The van der Waals surface area contributed by atoms with Gasteiger partial charge in [-0.15, -0.1) is 0 Å².